The molecule has 1 unspecified atom stereocenters. The average molecular weight is 276 g/mol. The highest BCUT2D eigenvalue weighted by molar-refractivity contribution is 7.90. The molecule has 1 atom stereocenters. The van der Waals surface area contributed by atoms with Gasteiger partial charge in [-0.2, -0.15) is 0 Å². The predicted octanol–water partition coefficient (Wildman–Crippen LogP) is 1.27. The molecule has 0 aromatic rings. The number of likely N-dealkylation sites (N-methyl/N-ethyl adjacent to an activating group) is 1. The number of rotatable bonds is 7. The second-order valence-electron chi connectivity index (χ2n) is 5.88. The minimum Gasteiger partial charge on any atom is -0.312 e. The fraction of sp³-hybridized carbons (Fsp3) is 1.00. The number of nitrogens with zero attached hydrogens (tertiary/aromatic N) is 1. The van der Waals surface area contributed by atoms with Gasteiger partial charge in [0.25, 0.3) is 0 Å². The molecular formula is C13H28N2O2S. The molecule has 18 heavy (non-hydrogen) atoms. The molecule has 4 nitrogen and oxygen atoms in total. The monoisotopic (exact) mass is 276 g/mol. The van der Waals surface area contributed by atoms with Crippen molar-refractivity contribution >= 4 is 9.84 Å². The van der Waals surface area contributed by atoms with Crippen LogP contribution >= 0.6 is 0 Å². The summed E-state index contributed by atoms with van der Waals surface area (Å²) in [7, 11) is -2.88. The Labute approximate surface area is 112 Å². The van der Waals surface area contributed by atoms with E-state index in [1.807, 2.05) is 0 Å². The van der Waals surface area contributed by atoms with Gasteiger partial charge in [-0.15, -0.1) is 0 Å². The summed E-state index contributed by atoms with van der Waals surface area (Å²) in [6.07, 6.45) is 4.53. The molecule has 0 amide bonds. The zero-order valence-electron chi connectivity index (χ0n) is 12.2. The van der Waals surface area contributed by atoms with Gasteiger partial charge >= 0.3 is 0 Å². The smallest absolute Gasteiger partial charge is 0.147 e. The molecule has 1 aliphatic rings. The Balaban J connectivity index is 2.69. The van der Waals surface area contributed by atoms with Crippen molar-refractivity contribution in [1.29, 1.82) is 0 Å². The molecular weight excluding hydrogens is 248 g/mol. The van der Waals surface area contributed by atoms with Crippen LogP contribution in [0, 0.1) is 0 Å². The lowest BCUT2D eigenvalue weighted by Gasteiger charge is -2.42. The van der Waals surface area contributed by atoms with E-state index in [9.17, 15) is 8.42 Å². The van der Waals surface area contributed by atoms with Crippen LogP contribution in [-0.2, 0) is 9.84 Å². The zero-order chi connectivity index (χ0) is 13.8. The Morgan fingerprint density at radius 2 is 1.83 bits per heavy atom. The number of sulfone groups is 1. The Bertz CT molecular complexity index is 346. The second-order valence-corrected chi connectivity index (χ2v) is 8.14. The van der Waals surface area contributed by atoms with E-state index in [1.165, 1.54) is 19.1 Å². The molecule has 0 saturated carbocycles. The van der Waals surface area contributed by atoms with E-state index in [2.05, 4.69) is 31.0 Å². The molecule has 0 aromatic heterocycles. The van der Waals surface area contributed by atoms with Gasteiger partial charge in [0.05, 0.1) is 5.75 Å². The third kappa shape index (κ3) is 4.52. The first-order valence-electron chi connectivity index (χ1n) is 6.93. The Morgan fingerprint density at radius 1 is 1.28 bits per heavy atom. The van der Waals surface area contributed by atoms with Crippen LogP contribution in [0.2, 0.25) is 0 Å². The van der Waals surface area contributed by atoms with Gasteiger partial charge in [-0.3, -0.25) is 4.90 Å². The van der Waals surface area contributed by atoms with Gasteiger partial charge in [-0.25, -0.2) is 8.42 Å². The Morgan fingerprint density at radius 3 is 2.28 bits per heavy atom. The minimum absolute atomic E-state index is 0.0250. The summed E-state index contributed by atoms with van der Waals surface area (Å²) >= 11 is 0. The first kappa shape index (κ1) is 15.9. The molecule has 1 rings (SSSR count). The van der Waals surface area contributed by atoms with Crippen LogP contribution < -0.4 is 5.32 Å². The normalized spacial score (nSPS) is 20.2. The first-order chi connectivity index (χ1) is 8.27. The highest BCUT2D eigenvalue weighted by Gasteiger charge is 2.36. The van der Waals surface area contributed by atoms with E-state index < -0.39 is 9.84 Å². The van der Waals surface area contributed by atoms with Crippen LogP contribution in [0.1, 0.15) is 40.0 Å². The van der Waals surface area contributed by atoms with E-state index >= 15 is 0 Å². The topological polar surface area (TPSA) is 49.4 Å². The van der Waals surface area contributed by atoms with Gasteiger partial charge in [0, 0.05) is 17.8 Å². The summed E-state index contributed by atoms with van der Waals surface area (Å²) in [6, 6.07) is 0.232. The summed E-state index contributed by atoms with van der Waals surface area (Å²) in [5.41, 5.74) is 0.0250. The molecule has 1 saturated heterocycles. The maximum absolute atomic E-state index is 11.3. The molecule has 0 aliphatic carbocycles. The summed E-state index contributed by atoms with van der Waals surface area (Å²) in [5.74, 6) is 0.266. The second kappa shape index (κ2) is 6.35. The van der Waals surface area contributed by atoms with Crippen molar-refractivity contribution in [3.8, 4) is 0 Å². The van der Waals surface area contributed by atoms with Gasteiger partial charge in [0.2, 0.25) is 0 Å². The Hall–Kier alpha value is -0.130. The predicted molar refractivity (Wildman–Crippen MR) is 76.7 cm³/mol. The van der Waals surface area contributed by atoms with Crippen LogP contribution in [0.5, 0.6) is 0 Å². The average Bonchev–Trinajstić information content (AvgIpc) is 2.76. The van der Waals surface area contributed by atoms with E-state index in [0.717, 1.165) is 19.6 Å². The highest BCUT2D eigenvalue weighted by Crippen LogP contribution is 2.26. The lowest BCUT2D eigenvalue weighted by molar-refractivity contribution is 0.106. The molecule has 0 spiro atoms. The molecule has 0 bridgehead atoms. The van der Waals surface area contributed by atoms with Crippen molar-refractivity contribution in [3.05, 3.63) is 0 Å². The third-order valence-corrected chi connectivity index (χ3v) is 4.98. The van der Waals surface area contributed by atoms with Gasteiger partial charge in [0.1, 0.15) is 9.84 Å². The fourth-order valence-corrected chi connectivity index (χ4v) is 3.46. The van der Waals surface area contributed by atoms with Gasteiger partial charge < -0.3 is 5.32 Å². The summed E-state index contributed by atoms with van der Waals surface area (Å²) in [6.45, 7) is 9.68. The van der Waals surface area contributed by atoms with Gasteiger partial charge in [-0.1, -0.05) is 6.92 Å². The number of hydrogen-bond acceptors (Lipinski definition) is 4. The van der Waals surface area contributed by atoms with E-state index in [0.29, 0.717) is 6.42 Å². The number of likely N-dealkylation sites (tertiary alicyclic amines) is 1. The first-order valence-corrected chi connectivity index (χ1v) is 8.99. The van der Waals surface area contributed by atoms with Gasteiger partial charge in [0.15, 0.2) is 0 Å². The van der Waals surface area contributed by atoms with Crippen molar-refractivity contribution in [3.63, 3.8) is 0 Å². The third-order valence-electron chi connectivity index (χ3n) is 4.00. The molecule has 1 N–H and O–H groups in total. The van der Waals surface area contributed by atoms with E-state index in [1.54, 1.807) is 0 Å². The minimum atomic E-state index is -2.88. The standard InChI is InChI=1S/C13H28N2O2S/c1-5-14-12(8-11-18(4,16)17)13(2,3)15-9-6-7-10-15/h12,14H,5-11H2,1-4H3. The van der Waals surface area contributed by atoms with Crippen LogP contribution in [0.4, 0.5) is 0 Å². The molecule has 0 aromatic carbocycles. The molecule has 108 valence electrons. The number of hydrogen-bond donors (Lipinski definition) is 1. The maximum Gasteiger partial charge on any atom is 0.147 e. The van der Waals surface area contributed by atoms with Gasteiger partial charge in [-0.05, 0) is 52.7 Å². The van der Waals surface area contributed by atoms with Crippen molar-refractivity contribution < 1.29 is 8.42 Å². The van der Waals surface area contributed by atoms with Crippen LogP contribution in [0.3, 0.4) is 0 Å². The maximum atomic E-state index is 11.3. The largest absolute Gasteiger partial charge is 0.312 e. The lowest BCUT2D eigenvalue weighted by Crippen LogP contribution is -2.57. The van der Waals surface area contributed by atoms with Crippen molar-refractivity contribution in [2.24, 2.45) is 0 Å². The summed E-state index contributed by atoms with van der Waals surface area (Å²) < 4.78 is 22.7. The molecule has 1 fully saturated rings. The van der Waals surface area contributed by atoms with Crippen LogP contribution in [0.15, 0.2) is 0 Å². The number of nitrogens with one attached hydrogen (secondary N) is 1. The molecule has 0 radical (unpaired) electrons. The quantitative estimate of drug-likeness (QED) is 0.761. The van der Waals surface area contributed by atoms with Crippen molar-refractivity contribution in [1.82, 2.24) is 10.2 Å². The fourth-order valence-electron chi connectivity index (χ4n) is 2.80. The highest BCUT2D eigenvalue weighted by atomic mass is 32.2. The molecule has 5 heteroatoms. The summed E-state index contributed by atoms with van der Waals surface area (Å²) in [4.78, 5) is 2.49. The van der Waals surface area contributed by atoms with Crippen LogP contribution in [-0.4, -0.2) is 56.5 Å². The molecule has 1 heterocycles. The van der Waals surface area contributed by atoms with Crippen molar-refractivity contribution in [2.45, 2.75) is 51.6 Å². The summed E-state index contributed by atoms with van der Waals surface area (Å²) in [5, 5.41) is 3.47. The van der Waals surface area contributed by atoms with E-state index in [-0.39, 0.29) is 17.3 Å². The SMILES string of the molecule is CCNC(CCS(C)(=O)=O)C(C)(C)N1CCCC1. The van der Waals surface area contributed by atoms with E-state index in [4.69, 9.17) is 0 Å². The lowest BCUT2D eigenvalue weighted by atomic mass is 9.90. The Kier molecular flexibility index (Phi) is 5.62. The molecule has 1 aliphatic heterocycles. The van der Waals surface area contributed by atoms with Crippen LogP contribution in [0.25, 0.3) is 0 Å². The zero-order valence-corrected chi connectivity index (χ0v) is 13.0. The van der Waals surface area contributed by atoms with Crippen molar-refractivity contribution in [2.75, 3.05) is 31.6 Å².